The van der Waals surface area contributed by atoms with E-state index >= 15 is 0 Å². The molecule has 3 aromatic carbocycles. The summed E-state index contributed by atoms with van der Waals surface area (Å²) in [5.41, 5.74) is 4.44. The van der Waals surface area contributed by atoms with Gasteiger partial charge in [-0.15, -0.1) is 0 Å². The first-order chi connectivity index (χ1) is 18.0. The van der Waals surface area contributed by atoms with Crippen LogP contribution in [0.15, 0.2) is 60.7 Å². The third kappa shape index (κ3) is 5.54. The Labute approximate surface area is 218 Å². The summed E-state index contributed by atoms with van der Waals surface area (Å²) in [5, 5.41) is 8.33. The van der Waals surface area contributed by atoms with Crippen molar-refractivity contribution < 1.29 is 14.3 Å². The van der Waals surface area contributed by atoms with Crippen molar-refractivity contribution in [2.45, 2.75) is 44.9 Å². The van der Waals surface area contributed by atoms with Gasteiger partial charge < -0.3 is 20.3 Å². The molecule has 2 amide bonds. The molecule has 2 aliphatic heterocycles. The number of fused-ring (bicyclic) bond motifs is 2. The van der Waals surface area contributed by atoms with Crippen LogP contribution in [0.4, 0.5) is 5.69 Å². The Morgan fingerprint density at radius 2 is 1.62 bits per heavy atom. The fourth-order valence-electron chi connectivity index (χ4n) is 5.31. The second-order valence-electron chi connectivity index (χ2n) is 9.98. The molecule has 2 heterocycles. The van der Waals surface area contributed by atoms with Crippen molar-refractivity contribution >= 4 is 28.3 Å². The first-order valence-corrected chi connectivity index (χ1v) is 13.2. The van der Waals surface area contributed by atoms with Crippen LogP contribution in [0.5, 0.6) is 0 Å². The fraction of sp³-hybridized carbons (Fsp3) is 0.400. The van der Waals surface area contributed by atoms with E-state index in [0.717, 1.165) is 61.5 Å². The fourth-order valence-corrected chi connectivity index (χ4v) is 5.31. The highest BCUT2D eigenvalue weighted by atomic mass is 16.5. The summed E-state index contributed by atoms with van der Waals surface area (Å²) in [4.78, 5) is 30.8. The van der Waals surface area contributed by atoms with Gasteiger partial charge >= 0.3 is 0 Å². The zero-order valence-corrected chi connectivity index (χ0v) is 21.7. The number of para-hydroxylation sites is 1. The van der Waals surface area contributed by atoms with E-state index in [2.05, 4.69) is 58.0 Å². The van der Waals surface area contributed by atoms with Gasteiger partial charge in [-0.25, -0.2) is 0 Å². The standard InChI is InChI=1S/C30H36N4O3/c1-21(31-2)29(35)32-27-14-13-22-7-3-6-10-28(22)34(30(27)36)20-24-12-11-23(19-33-15-17-37-18-16-33)25-8-4-5-9-26(24)25/h3-12,21,27,31H,13-20H2,1-2H3,(H,32,35)/t21-,27?/m0/s1. The largest absolute Gasteiger partial charge is 0.379 e. The summed E-state index contributed by atoms with van der Waals surface area (Å²) in [5.74, 6) is -0.229. The van der Waals surface area contributed by atoms with Crippen molar-refractivity contribution in [1.82, 2.24) is 15.5 Å². The Morgan fingerprint density at radius 3 is 2.32 bits per heavy atom. The van der Waals surface area contributed by atoms with Gasteiger partial charge in [-0.2, -0.15) is 0 Å². The van der Waals surface area contributed by atoms with Crippen molar-refractivity contribution in [3.8, 4) is 0 Å². The summed E-state index contributed by atoms with van der Waals surface area (Å²) in [6, 6.07) is 20.0. The van der Waals surface area contributed by atoms with Gasteiger partial charge in [-0.3, -0.25) is 14.5 Å². The Bertz CT molecular complexity index is 1270. The maximum absolute atomic E-state index is 13.9. The number of carbonyl (C=O) groups excluding carboxylic acids is 2. The van der Waals surface area contributed by atoms with E-state index < -0.39 is 6.04 Å². The maximum Gasteiger partial charge on any atom is 0.249 e. The summed E-state index contributed by atoms with van der Waals surface area (Å²) < 4.78 is 5.52. The quantitative estimate of drug-likeness (QED) is 0.521. The van der Waals surface area contributed by atoms with E-state index in [1.807, 2.05) is 23.1 Å². The van der Waals surface area contributed by atoms with Crippen molar-refractivity contribution in [3.05, 3.63) is 77.4 Å². The van der Waals surface area contributed by atoms with Gasteiger partial charge in [0.15, 0.2) is 0 Å². The van der Waals surface area contributed by atoms with Crippen molar-refractivity contribution in [1.29, 1.82) is 0 Å². The SMILES string of the molecule is CN[C@@H](C)C(=O)NC1CCc2ccccc2N(Cc2ccc(CN3CCOCC3)c3ccccc23)C1=O. The molecular weight excluding hydrogens is 464 g/mol. The Morgan fingerprint density at radius 1 is 0.973 bits per heavy atom. The first-order valence-electron chi connectivity index (χ1n) is 13.2. The van der Waals surface area contributed by atoms with E-state index in [9.17, 15) is 9.59 Å². The molecule has 0 aliphatic carbocycles. The highest BCUT2D eigenvalue weighted by molar-refractivity contribution is 6.01. The van der Waals surface area contributed by atoms with Crippen LogP contribution in [0.25, 0.3) is 10.8 Å². The smallest absolute Gasteiger partial charge is 0.249 e. The van der Waals surface area contributed by atoms with Gasteiger partial charge in [-0.1, -0.05) is 54.6 Å². The first kappa shape index (κ1) is 25.4. The average molecular weight is 501 g/mol. The molecule has 7 heteroatoms. The molecule has 0 bridgehead atoms. The number of benzene rings is 3. The van der Waals surface area contributed by atoms with Crippen LogP contribution in [-0.4, -0.2) is 62.1 Å². The summed E-state index contributed by atoms with van der Waals surface area (Å²) in [6.45, 7) is 6.56. The summed E-state index contributed by atoms with van der Waals surface area (Å²) >= 11 is 0. The Hall–Kier alpha value is -3.26. The second-order valence-corrected chi connectivity index (χ2v) is 9.98. The van der Waals surface area contributed by atoms with E-state index in [1.54, 1.807) is 14.0 Å². The number of hydrogen-bond acceptors (Lipinski definition) is 5. The molecule has 1 saturated heterocycles. The topological polar surface area (TPSA) is 73.9 Å². The molecule has 1 unspecified atom stereocenters. The van der Waals surface area contributed by atoms with Crippen LogP contribution in [0, 0.1) is 0 Å². The van der Waals surface area contributed by atoms with E-state index in [-0.39, 0.29) is 17.9 Å². The second kappa shape index (κ2) is 11.4. The minimum Gasteiger partial charge on any atom is -0.379 e. The minimum absolute atomic E-state index is 0.0666. The molecule has 1 fully saturated rings. The number of anilines is 1. The minimum atomic E-state index is -0.567. The molecule has 7 nitrogen and oxygen atoms in total. The average Bonchev–Trinajstić information content (AvgIpc) is 3.06. The van der Waals surface area contributed by atoms with Gasteiger partial charge in [0.05, 0.1) is 25.8 Å². The van der Waals surface area contributed by atoms with Crippen molar-refractivity contribution in [2.75, 3.05) is 38.3 Å². The molecular formula is C30H36N4O3. The van der Waals surface area contributed by atoms with Crippen LogP contribution in [0.2, 0.25) is 0 Å². The molecule has 2 aliphatic rings. The molecule has 2 atom stereocenters. The molecule has 0 radical (unpaired) electrons. The number of nitrogens with zero attached hydrogens (tertiary/aromatic N) is 2. The van der Waals surface area contributed by atoms with Crippen LogP contribution in [-0.2, 0) is 33.8 Å². The molecule has 0 spiro atoms. The van der Waals surface area contributed by atoms with Gasteiger partial charge in [0.25, 0.3) is 0 Å². The van der Waals surface area contributed by atoms with Crippen LogP contribution < -0.4 is 15.5 Å². The molecule has 2 N–H and O–H groups in total. The van der Waals surface area contributed by atoms with Crippen LogP contribution >= 0.6 is 0 Å². The number of amides is 2. The zero-order valence-electron chi connectivity index (χ0n) is 21.7. The van der Waals surface area contributed by atoms with Crippen molar-refractivity contribution in [3.63, 3.8) is 0 Å². The van der Waals surface area contributed by atoms with Gasteiger partial charge in [-0.05, 0) is 60.3 Å². The van der Waals surface area contributed by atoms with Crippen molar-refractivity contribution in [2.24, 2.45) is 0 Å². The number of hydrogen-bond donors (Lipinski definition) is 2. The van der Waals surface area contributed by atoms with Gasteiger partial charge in [0.2, 0.25) is 11.8 Å². The number of likely N-dealkylation sites (N-methyl/N-ethyl adjacent to an activating group) is 1. The lowest BCUT2D eigenvalue weighted by molar-refractivity contribution is -0.128. The number of ether oxygens (including phenoxy) is 1. The highest BCUT2D eigenvalue weighted by Crippen LogP contribution is 2.31. The van der Waals surface area contributed by atoms with Gasteiger partial charge in [0, 0.05) is 25.3 Å². The van der Waals surface area contributed by atoms with Crippen LogP contribution in [0.3, 0.4) is 0 Å². The highest BCUT2D eigenvalue weighted by Gasteiger charge is 2.32. The molecule has 194 valence electrons. The predicted octanol–water partition coefficient (Wildman–Crippen LogP) is 3.24. The van der Waals surface area contributed by atoms with E-state index in [1.165, 1.54) is 10.9 Å². The number of rotatable bonds is 7. The number of aryl methyl sites for hydroxylation is 1. The predicted molar refractivity (Wildman–Crippen MR) is 146 cm³/mol. The zero-order chi connectivity index (χ0) is 25.8. The molecule has 0 aromatic heterocycles. The van der Waals surface area contributed by atoms with Crippen LogP contribution in [0.1, 0.15) is 30.0 Å². The van der Waals surface area contributed by atoms with E-state index in [4.69, 9.17) is 4.74 Å². The third-order valence-electron chi connectivity index (χ3n) is 7.62. The summed E-state index contributed by atoms with van der Waals surface area (Å²) in [7, 11) is 1.75. The molecule has 0 saturated carbocycles. The summed E-state index contributed by atoms with van der Waals surface area (Å²) in [6.07, 6.45) is 1.31. The Balaban J connectivity index is 1.47. The lowest BCUT2D eigenvalue weighted by atomic mass is 9.98. The molecule has 5 rings (SSSR count). The molecule has 37 heavy (non-hydrogen) atoms. The number of nitrogens with one attached hydrogen (secondary N) is 2. The Kier molecular flexibility index (Phi) is 7.84. The third-order valence-corrected chi connectivity index (χ3v) is 7.62. The lowest BCUT2D eigenvalue weighted by Gasteiger charge is -2.29. The number of morpholine rings is 1. The van der Waals surface area contributed by atoms with Gasteiger partial charge in [0.1, 0.15) is 6.04 Å². The number of carbonyl (C=O) groups is 2. The maximum atomic E-state index is 13.9. The monoisotopic (exact) mass is 500 g/mol. The lowest BCUT2D eigenvalue weighted by Crippen LogP contribution is -2.52. The molecule has 3 aromatic rings. The normalized spacial score (nSPS) is 19.4. The van der Waals surface area contributed by atoms with E-state index in [0.29, 0.717) is 13.0 Å².